The zero-order valence-corrected chi connectivity index (χ0v) is 15.1. The molecule has 4 heterocycles. The van der Waals surface area contributed by atoms with E-state index in [0.29, 0.717) is 24.3 Å². The Kier molecular flexibility index (Phi) is 4.46. The largest absolute Gasteiger partial charge is 0.316 e. The molecule has 3 aromatic heterocycles. The fourth-order valence-electron chi connectivity index (χ4n) is 3.10. The molecule has 1 N–H and O–H groups in total. The van der Waals surface area contributed by atoms with Crippen LogP contribution in [0.1, 0.15) is 23.5 Å². The van der Waals surface area contributed by atoms with Gasteiger partial charge in [0, 0.05) is 24.4 Å². The van der Waals surface area contributed by atoms with Gasteiger partial charge in [-0.05, 0) is 38.2 Å². The summed E-state index contributed by atoms with van der Waals surface area (Å²) < 4.78 is 14.8. The Morgan fingerprint density at radius 3 is 2.85 bits per heavy atom. The number of alkyl halides is 1. The van der Waals surface area contributed by atoms with Gasteiger partial charge in [0.05, 0.1) is 17.6 Å². The van der Waals surface area contributed by atoms with Gasteiger partial charge in [-0.25, -0.2) is 9.37 Å². The van der Waals surface area contributed by atoms with Gasteiger partial charge in [0.25, 0.3) is 0 Å². The zero-order valence-electron chi connectivity index (χ0n) is 14.3. The Morgan fingerprint density at radius 2 is 2.12 bits per heavy atom. The Morgan fingerprint density at radius 1 is 1.31 bits per heavy atom. The third-order valence-corrected chi connectivity index (χ3v) is 5.47. The summed E-state index contributed by atoms with van der Waals surface area (Å²) in [6.45, 7) is 2.95. The SMILES string of the molecule is Cc1nnc(-c2ccc3cnc(CC(=O)C4(F)CCNCC4)cc3n2)s1. The standard InChI is InChI=1S/C18H18FN5OS/c1-11-23-24-17(26-11)14-3-2-12-10-21-13(8-15(12)22-14)9-16(25)18(19)4-6-20-7-5-18/h2-3,8,10,20H,4-7,9H2,1H3. The predicted octanol–water partition coefficient (Wildman–Crippen LogP) is 2.66. The highest BCUT2D eigenvalue weighted by molar-refractivity contribution is 7.14. The Balaban J connectivity index is 1.61. The van der Waals surface area contributed by atoms with Crippen molar-refractivity contribution >= 4 is 28.0 Å². The van der Waals surface area contributed by atoms with Crippen LogP contribution in [0.15, 0.2) is 24.4 Å². The number of aryl methyl sites for hydroxylation is 1. The van der Waals surface area contributed by atoms with Crippen molar-refractivity contribution in [1.29, 1.82) is 0 Å². The van der Waals surface area contributed by atoms with E-state index < -0.39 is 11.5 Å². The normalized spacial score (nSPS) is 16.7. The number of hydrogen-bond donors (Lipinski definition) is 1. The molecule has 0 aromatic carbocycles. The summed E-state index contributed by atoms with van der Waals surface area (Å²) in [4.78, 5) is 21.4. The molecular formula is C18H18FN5OS. The molecule has 0 radical (unpaired) electrons. The van der Waals surface area contributed by atoms with Crippen LogP contribution in [-0.2, 0) is 11.2 Å². The molecule has 3 aromatic rings. The lowest BCUT2D eigenvalue weighted by Crippen LogP contribution is -2.45. The number of Topliss-reactive ketones (excluding diaryl/α,β-unsaturated/α-hetero) is 1. The van der Waals surface area contributed by atoms with Gasteiger partial charge in [-0.15, -0.1) is 10.2 Å². The number of pyridine rings is 2. The molecule has 134 valence electrons. The molecule has 0 amide bonds. The van der Waals surface area contributed by atoms with Crippen molar-refractivity contribution in [1.82, 2.24) is 25.5 Å². The van der Waals surface area contributed by atoms with Crippen molar-refractivity contribution in [2.75, 3.05) is 13.1 Å². The van der Waals surface area contributed by atoms with Crippen LogP contribution in [0.3, 0.4) is 0 Å². The van der Waals surface area contributed by atoms with E-state index in [-0.39, 0.29) is 19.3 Å². The fourth-order valence-corrected chi connectivity index (χ4v) is 3.76. The van der Waals surface area contributed by atoms with Crippen molar-refractivity contribution in [3.63, 3.8) is 0 Å². The van der Waals surface area contributed by atoms with E-state index in [4.69, 9.17) is 0 Å². The number of hydrogen-bond acceptors (Lipinski definition) is 7. The molecule has 1 saturated heterocycles. The second-order valence-corrected chi connectivity index (χ2v) is 7.69. The lowest BCUT2D eigenvalue weighted by atomic mass is 9.87. The number of halogens is 1. The first-order valence-corrected chi connectivity index (χ1v) is 9.34. The fraction of sp³-hybridized carbons (Fsp3) is 0.389. The lowest BCUT2D eigenvalue weighted by molar-refractivity contribution is -0.131. The van der Waals surface area contributed by atoms with Gasteiger partial charge in [-0.3, -0.25) is 9.78 Å². The van der Waals surface area contributed by atoms with Gasteiger partial charge in [0.1, 0.15) is 10.7 Å². The van der Waals surface area contributed by atoms with Crippen molar-refractivity contribution in [2.45, 2.75) is 31.9 Å². The Labute approximate surface area is 153 Å². The van der Waals surface area contributed by atoms with Crippen LogP contribution >= 0.6 is 11.3 Å². The maximum absolute atomic E-state index is 14.8. The minimum atomic E-state index is -1.75. The topological polar surface area (TPSA) is 80.7 Å². The van der Waals surface area contributed by atoms with Gasteiger partial charge in [0.2, 0.25) is 0 Å². The summed E-state index contributed by atoms with van der Waals surface area (Å²) in [5, 5.41) is 13.7. The average molecular weight is 371 g/mol. The second kappa shape index (κ2) is 6.77. The molecule has 8 heteroatoms. The minimum Gasteiger partial charge on any atom is -0.316 e. The van der Waals surface area contributed by atoms with E-state index in [1.807, 2.05) is 19.1 Å². The Bertz CT molecular complexity index is 967. The van der Waals surface area contributed by atoms with Gasteiger partial charge in [-0.2, -0.15) is 0 Å². The molecule has 6 nitrogen and oxygen atoms in total. The molecule has 26 heavy (non-hydrogen) atoms. The lowest BCUT2D eigenvalue weighted by Gasteiger charge is -2.28. The van der Waals surface area contributed by atoms with Crippen LogP contribution in [0.4, 0.5) is 4.39 Å². The molecule has 4 rings (SSSR count). The molecule has 1 fully saturated rings. The van der Waals surface area contributed by atoms with E-state index in [2.05, 4.69) is 25.5 Å². The number of nitrogens with zero attached hydrogens (tertiary/aromatic N) is 4. The van der Waals surface area contributed by atoms with Crippen LogP contribution in [0.5, 0.6) is 0 Å². The molecule has 0 saturated carbocycles. The molecule has 0 spiro atoms. The maximum atomic E-state index is 14.8. The first kappa shape index (κ1) is 17.1. The van der Waals surface area contributed by atoms with E-state index in [1.165, 1.54) is 11.3 Å². The molecule has 1 aliphatic heterocycles. The maximum Gasteiger partial charge on any atom is 0.175 e. The van der Waals surface area contributed by atoms with Crippen LogP contribution in [0, 0.1) is 6.92 Å². The Hall–Kier alpha value is -2.32. The van der Waals surface area contributed by atoms with E-state index in [1.54, 1.807) is 12.3 Å². The highest BCUT2D eigenvalue weighted by atomic mass is 32.1. The number of nitrogens with one attached hydrogen (secondary N) is 1. The number of piperidine rings is 1. The van der Waals surface area contributed by atoms with Crippen LogP contribution in [-0.4, -0.2) is 44.7 Å². The summed E-state index contributed by atoms with van der Waals surface area (Å²) in [7, 11) is 0. The molecule has 0 bridgehead atoms. The monoisotopic (exact) mass is 371 g/mol. The average Bonchev–Trinajstić information content (AvgIpc) is 3.08. The molecule has 0 aliphatic carbocycles. The van der Waals surface area contributed by atoms with Crippen molar-refractivity contribution in [2.24, 2.45) is 0 Å². The number of ketones is 1. The van der Waals surface area contributed by atoms with Crippen molar-refractivity contribution < 1.29 is 9.18 Å². The van der Waals surface area contributed by atoms with Crippen molar-refractivity contribution in [3.8, 4) is 10.7 Å². The van der Waals surface area contributed by atoms with Gasteiger partial charge in [0.15, 0.2) is 16.5 Å². The number of carbonyl (C=O) groups excluding carboxylic acids is 1. The van der Waals surface area contributed by atoms with Gasteiger partial charge in [-0.1, -0.05) is 11.3 Å². The summed E-state index contributed by atoms with van der Waals surface area (Å²) in [5.41, 5.74) is 0.232. The van der Waals surface area contributed by atoms with Gasteiger partial charge < -0.3 is 5.32 Å². The van der Waals surface area contributed by atoms with E-state index in [9.17, 15) is 9.18 Å². The second-order valence-electron chi connectivity index (χ2n) is 6.51. The molecule has 1 aliphatic rings. The first-order valence-electron chi connectivity index (χ1n) is 8.53. The highest BCUT2D eigenvalue weighted by Gasteiger charge is 2.39. The summed E-state index contributed by atoms with van der Waals surface area (Å²) in [6.07, 6.45) is 2.10. The number of rotatable bonds is 4. The zero-order chi connectivity index (χ0) is 18.1. The molecular weight excluding hydrogens is 353 g/mol. The number of fused-ring (bicyclic) bond motifs is 1. The van der Waals surface area contributed by atoms with Crippen LogP contribution in [0.2, 0.25) is 0 Å². The van der Waals surface area contributed by atoms with Gasteiger partial charge >= 0.3 is 0 Å². The summed E-state index contributed by atoms with van der Waals surface area (Å²) in [6, 6.07) is 5.55. The molecule has 0 unspecified atom stereocenters. The first-order chi connectivity index (χ1) is 12.5. The highest BCUT2D eigenvalue weighted by Crippen LogP contribution is 2.27. The van der Waals surface area contributed by atoms with Crippen LogP contribution in [0.25, 0.3) is 21.6 Å². The molecule has 0 atom stereocenters. The minimum absolute atomic E-state index is 0.0176. The predicted molar refractivity (Wildman–Crippen MR) is 97.8 cm³/mol. The smallest absolute Gasteiger partial charge is 0.175 e. The number of carbonyl (C=O) groups is 1. The van der Waals surface area contributed by atoms with Crippen molar-refractivity contribution in [3.05, 3.63) is 35.1 Å². The van der Waals surface area contributed by atoms with E-state index in [0.717, 1.165) is 21.1 Å². The third kappa shape index (κ3) is 3.34. The summed E-state index contributed by atoms with van der Waals surface area (Å²) >= 11 is 1.47. The quantitative estimate of drug-likeness (QED) is 0.759. The van der Waals surface area contributed by atoms with E-state index >= 15 is 0 Å². The summed E-state index contributed by atoms with van der Waals surface area (Å²) in [5.74, 6) is -0.401. The van der Waals surface area contributed by atoms with Crippen LogP contribution < -0.4 is 5.32 Å². The third-order valence-electron chi connectivity index (χ3n) is 4.61. The number of aromatic nitrogens is 4.